The van der Waals surface area contributed by atoms with Crippen LogP contribution in [0.25, 0.3) is 16.7 Å². The van der Waals surface area contributed by atoms with Gasteiger partial charge in [0, 0.05) is 5.88 Å². The average Bonchev–Trinajstić information content (AvgIpc) is 2.46. The van der Waals surface area contributed by atoms with Gasteiger partial charge in [0.2, 0.25) is 0 Å². The molecule has 2 rings (SSSR count). The molecule has 0 saturated carbocycles. The van der Waals surface area contributed by atoms with Gasteiger partial charge in [0.25, 0.3) is 0 Å². The van der Waals surface area contributed by atoms with Crippen LogP contribution in [-0.4, -0.2) is 5.88 Å². The normalized spacial score (nSPS) is 11.6. The average molecular weight is 257 g/mol. The molecular formula is C17H17Cl. The van der Waals surface area contributed by atoms with Crippen molar-refractivity contribution >= 4 is 17.2 Å². The minimum absolute atomic E-state index is 0.680. The van der Waals surface area contributed by atoms with Crippen LogP contribution in [0.3, 0.4) is 0 Å². The summed E-state index contributed by atoms with van der Waals surface area (Å²) < 4.78 is 0. The Labute approximate surface area is 114 Å². The second kappa shape index (κ2) is 6.42. The smallest absolute Gasteiger partial charge is 0.0258 e. The van der Waals surface area contributed by atoms with Gasteiger partial charge in [-0.05, 0) is 35.6 Å². The molecular weight excluding hydrogens is 240 g/mol. The van der Waals surface area contributed by atoms with Crippen molar-refractivity contribution in [2.45, 2.75) is 13.3 Å². The van der Waals surface area contributed by atoms with Gasteiger partial charge in [-0.15, -0.1) is 11.6 Å². The maximum Gasteiger partial charge on any atom is 0.0258 e. The zero-order chi connectivity index (χ0) is 12.8. The van der Waals surface area contributed by atoms with Crippen molar-refractivity contribution in [1.82, 2.24) is 0 Å². The van der Waals surface area contributed by atoms with Gasteiger partial charge < -0.3 is 0 Å². The lowest BCUT2D eigenvalue weighted by molar-refractivity contribution is 1.23. The standard InChI is InChI=1S/C17H17Cl/c1-14(6-5-13-18)15-9-11-17(12-10-15)16-7-3-2-4-8-16/h2-4,6-12H,5,13H2,1H3. The van der Waals surface area contributed by atoms with E-state index in [9.17, 15) is 0 Å². The van der Waals surface area contributed by atoms with Crippen LogP contribution in [0.5, 0.6) is 0 Å². The molecule has 1 heteroatoms. The van der Waals surface area contributed by atoms with E-state index in [0.29, 0.717) is 5.88 Å². The Morgan fingerprint density at radius 3 is 2.17 bits per heavy atom. The van der Waals surface area contributed by atoms with Crippen LogP contribution in [0.1, 0.15) is 18.9 Å². The molecule has 18 heavy (non-hydrogen) atoms. The highest BCUT2D eigenvalue weighted by molar-refractivity contribution is 6.17. The summed E-state index contributed by atoms with van der Waals surface area (Å²) in [5, 5.41) is 0. The molecule has 0 spiro atoms. The van der Waals surface area contributed by atoms with Crippen LogP contribution in [0.4, 0.5) is 0 Å². The van der Waals surface area contributed by atoms with Crippen LogP contribution in [-0.2, 0) is 0 Å². The third kappa shape index (κ3) is 3.24. The molecule has 0 unspecified atom stereocenters. The molecule has 0 aliphatic carbocycles. The fourth-order valence-corrected chi connectivity index (χ4v) is 2.05. The van der Waals surface area contributed by atoms with E-state index in [4.69, 9.17) is 11.6 Å². The van der Waals surface area contributed by atoms with Gasteiger partial charge in [-0.1, -0.05) is 60.7 Å². The summed E-state index contributed by atoms with van der Waals surface area (Å²) in [7, 11) is 0. The first-order valence-electron chi connectivity index (χ1n) is 6.20. The van der Waals surface area contributed by atoms with Gasteiger partial charge >= 0.3 is 0 Å². The number of hydrogen-bond acceptors (Lipinski definition) is 0. The van der Waals surface area contributed by atoms with Crippen molar-refractivity contribution in [3.8, 4) is 11.1 Å². The largest absolute Gasteiger partial charge is 0.126 e. The zero-order valence-electron chi connectivity index (χ0n) is 10.6. The molecule has 0 radical (unpaired) electrons. The summed E-state index contributed by atoms with van der Waals surface area (Å²) in [4.78, 5) is 0. The van der Waals surface area contributed by atoms with E-state index >= 15 is 0 Å². The molecule has 0 aliphatic rings. The SMILES string of the molecule is CC(=CCCCl)c1ccc(-c2ccccc2)cc1. The van der Waals surface area contributed by atoms with Crippen molar-refractivity contribution in [2.24, 2.45) is 0 Å². The topological polar surface area (TPSA) is 0 Å². The number of benzene rings is 2. The van der Waals surface area contributed by atoms with E-state index in [1.165, 1.54) is 22.3 Å². The first kappa shape index (κ1) is 12.9. The van der Waals surface area contributed by atoms with Crippen LogP contribution in [0.2, 0.25) is 0 Å². The molecule has 0 heterocycles. The van der Waals surface area contributed by atoms with Gasteiger partial charge in [-0.2, -0.15) is 0 Å². The highest BCUT2D eigenvalue weighted by Crippen LogP contribution is 2.22. The molecule has 92 valence electrons. The molecule has 0 bridgehead atoms. The van der Waals surface area contributed by atoms with Gasteiger partial charge in [-0.3, -0.25) is 0 Å². The van der Waals surface area contributed by atoms with Gasteiger partial charge in [0.15, 0.2) is 0 Å². The third-order valence-electron chi connectivity index (χ3n) is 3.01. The third-order valence-corrected chi connectivity index (χ3v) is 3.23. The van der Waals surface area contributed by atoms with E-state index in [0.717, 1.165) is 6.42 Å². The number of halogens is 1. The van der Waals surface area contributed by atoms with Crippen molar-refractivity contribution < 1.29 is 0 Å². The Kier molecular flexibility index (Phi) is 4.60. The molecule has 2 aromatic carbocycles. The molecule has 2 aromatic rings. The second-order valence-corrected chi connectivity index (χ2v) is 4.69. The summed E-state index contributed by atoms with van der Waals surface area (Å²) in [6.07, 6.45) is 3.11. The Hall–Kier alpha value is -1.53. The van der Waals surface area contributed by atoms with E-state index in [2.05, 4.69) is 61.5 Å². The Balaban J connectivity index is 2.20. The molecule has 0 aliphatic heterocycles. The fraction of sp³-hybridized carbons (Fsp3) is 0.176. The second-order valence-electron chi connectivity index (χ2n) is 4.31. The van der Waals surface area contributed by atoms with Gasteiger partial charge in [0.05, 0.1) is 0 Å². The van der Waals surface area contributed by atoms with Gasteiger partial charge in [0.1, 0.15) is 0 Å². The lowest BCUT2D eigenvalue weighted by Crippen LogP contribution is -1.82. The first-order valence-corrected chi connectivity index (χ1v) is 6.73. The van der Waals surface area contributed by atoms with Crippen LogP contribution < -0.4 is 0 Å². The summed E-state index contributed by atoms with van der Waals surface area (Å²) >= 11 is 5.69. The molecule has 0 saturated heterocycles. The molecule has 0 nitrogen and oxygen atoms in total. The highest BCUT2D eigenvalue weighted by Gasteiger charge is 1.98. The minimum atomic E-state index is 0.680. The van der Waals surface area contributed by atoms with E-state index < -0.39 is 0 Å². The lowest BCUT2D eigenvalue weighted by atomic mass is 10.0. The predicted octanol–water partition coefficient (Wildman–Crippen LogP) is 5.39. The molecule has 0 fully saturated rings. The Morgan fingerprint density at radius 2 is 1.56 bits per heavy atom. The van der Waals surface area contributed by atoms with Crippen molar-refractivity contribution in [3.05, 3.63) is 66.2 Å². The van der Waals surface area contributed by atoms with Crippen LogP contribution in [0, 0.1) is 0 Å². The number of hydrogen-bond donors (Lipinski definition) is 0. The van der Waals surface area contributed by atoms with E-state index in [1.807, 2.05) is 6.07 Å². The molecule has 0 aromatic heterocycles. The first-order chi connectivity index (χ1) is 8.81. The maximum absolute atomic E-state index is 5.69. The van der Waals surface area contributed by atoms with Crippen LogP contribution in [0.15, 0.2) is 60.7 Å². The maximum atomic E-state index is 5.69. The van der Waals surface area contributed by atoms with Crippen molar-refractivity contribution in [3.63, 3.8) is 0 Å². The van der Waals surface area contributed by atoms with Gasteiger partial charge in [-0.25, -0.2) is 0 Å². The lowest BCUT2D eigenvalue weighted by Gasteiger charge is -2.05. The van der Waals surface area contributed by atoms with E-state index in [-0.39, 0.29) is 0 Å². The molecule has 0 atom stereocenters. The molecule has 0 amide bonds. The Morgan fingerprint density at radius 1 is 0.944 bits per heavy atom. The number of alkyl halides is 1. The summed E-state index contributed by atoms with van der Waals surface area (Å²) in [5.74, 6) is 0.680. The highest BCUT2D eigenvalue weighted by atomic mass is 35.5. The van der Waals surface area contributed by atoms with Crippen molar-refractivity contribution in [2.75, 3.05) is 5.88 Å². The van der Waals surface area contributed by atoms with Crippen molar-refractivity contribution in [1.29, 1.82) is 0 Å². The summed E-state index contributed by atoms with van der Waals surface area (Å²) in [6.45, 7) is 2.13. The monoisotopic (exact) mass is 256 g/mol. The zero-order valence-corrected chi connectivity index (χ0v) is 11.3. The predicted molar refractivity (Wildman–Crippen MR) is 80.9 cm³/mol. The fourth-order valence-electron chi connectivity index (χ4n) is 1.95. The summed E-state index contributed by atoms with van der Waals surface area (Å²) in [6, 6.07) is 19.1. The number of rotatable bonds is 4. The van der Waals surface area contributed by atoms with E-state index in [1.54, 1.807) is 0 Å². The number of allylic oxidation sites excluding steroid dienone is 2. The summed E-state index contributed by atoms with van der Waals surface area (Å²) in [5.41, 5.74) is 5.06. The Bertz CT molecular complexity index is 509. The van der Waals surface area contributed by atoms with Crippen LogP contribution >= 0.6 is 11.6 Å². The minimum Gasteiger partial charge on any atom is -0.126 e. The molecule has 0 N–H and O–H groups in total. The quantitative estimate of drug-likeness (QED) is 0.644.